The van der Waals surface area contributed by atoms with E-state index in [2.05, 4.69) is 5.32 Å². The molecular formula is C15H16ClNO3S2. The summed E-state index contributed by atoms with van der Waals surface area (Å²) in [5.41, 5.74) is 0. The number of rotatable bonds is 6. The summed E-state index contributed by atoms with van der Waals surface area (Å²) in [4.78, 5) is 12.4. The Morgan fingerprint density at radius 2 is 1.95 bits per heavy atom. The molecule has 2 aromatic rings. The number of carbonyl (C=O) groups excluding carboxylic acids is 1. The predicted octanol–water partition coefficient (Wildman–Crippen LogP) is 3.44. The number of carbonyl (C=O) groups is 1. The van der Waals surface area contributed by atoms with Gasteiger partial charge in [-0.25, -0.2) is 8.42 Å². The summed E-state index contributed by atoms with van der Waals surface area (Å²) in [6, 6.07) is 9.63. The Morgan fingerprint density at radius 1 is 1.27 bits per heavy atom. The zero-order valence-corrected chi connectivity index (χ0v) is 14.3. The zero-order chi connectivity index (χ0) is 16.2. The number of benzene rings is 1. The fourth-order valence-corrected chi connectivity index (χ4v) is 4.87. The van der Waals surface area contributed by atoms with Crippen molar-refractivity contribution in [2.24, 2.45) is 0 Å². The van der Waals surface area contributed by atoms with Crippen molar-refractivity contribution in [2.45, 2.75) is 23.5 Å². The molecule has 0 saturated carbocycles. The second kappa shape index (κ2) is 7.26. The lowest BCUT2D eigenvalue weighted by Crippen LogP contribution is -2.31. The van der Waals surface area contributed by atoms with E-state index in [4.69, 9.17) is 11.6 Å². The van der Waals surface area contributed by atoms with Crippen LogP contribution in [0.15, 0.2) is 46.7 Å². The van der Waals surface area contributed by atoms with Crippen molar-refractivity contribution in [1.82, 2.24) is 5.32 Å². The van der Waals surface area contributed by atoms with E-state index in [0.29, 0.717) is 16.3 Å². The second-order valence-electron chi connectivity index (χ2n) is 4.66. The molecule has 0 aliphatic rings. The topological polar surface area (TPSA) is 63.2 Å². The summed E-state index contributed by atoms with van der Waals surface area (Å²) in [5, 5.41) is 4.17. The van der Waals surface area contributed by atoms with Gasteiger partial charge in [-0.05, 0) is 35.7 Å². The number of nitrogens with one attached hydrogen (secondary N) is 1. The molecule has 1 atom stereocenters. The van der Waals surface area contributed by atoms with E-state index < -0.39 is 15.1 Å². The van der Waals surface area contributed by atoms with Gasteiger partial charge in [-0.3, -0.25) is 4.79 Å². The minimum absolute atomic E-state index is 0.0537. The van der Waals surface area contributed by atoms with Gasteiger partial charge in [0.25, 0.3) is 0 Å². The summed E-state index contributed by atoms with van der Waals surface area (Å²) in [6.45, 7) is 1.78. The van der Waals surface area contributed by atoms with E-state index in [9.17, 15) is 13.2 Å². The van der Waals surface area contributed by atoms with Crippen LogP contribution in [-0.4, -0.2) is 20.9 Å². The number of hydrogen-bond donors (Lipinski definition) is 1. The van der Waals surface area contributed by atoms with E-state index >= 15 is 0 Å². The molecule has 1 unspecified atom stereocenters. The van der Waals surface area contributed by atoms with E-state index in [0.717, 1.165) is 0 Å². The Hall–Kier alpha value is -1.37. The highest BCUT2D eigenvalue weighted by atomic mass is 35.5. The summed E-state index contributed by atoms with van der Waals surface area (Å²) in [7, 11) is -3.61. The molecule has 7 heteroatoms. The summed E-state index contributed by atoms with van der Waals surface area (Å²) >= 11 is 7.17. The zero-order valence-electron chi connectivity index (χ0n) is 12.0. The molecule has 118 valence electrons. The standard InChI is InChI=1S/C15H16ClNO3S2/c1-2-15(18)17-10-14(13-4-3-9-21-13)22(19,20)12-7-5-11(16)6-8-12/h3-9,14H,2,10H2,1H3,(H,17,18). The van der Waals surface area contributed by atoms with Gasteiger partial charge in [0.05, 0.1) is 4.90 Å². The first-order chi connectivity index (χ1) is 10.4. The highest BCUT2D eigenvalue weighted by molar-refractivity contribution is 7.91. The molecule has 1 heterocycles. The lowest BCUT2D eigenvalue weighted by atomic mass is 10.3. The Kier molecular flexibility index (Phi) is 5.61. The SMILES string of the molecule is CCC(=O)NCC(c1cccs1)S(=O)(=O)c1ccc(Cl)cc1. The molecule has 1 aromatic heterocycles. The molecule has 22 heavy (non-hydrogen) atoms. The first-order valence-corrected chi connectivity index (χ1v) is 9.55. The monoisotopic (exact) mass is 357 g/mol. The van der Waals surface area contributed by atoms with E-state index in [1.54, 1.807) is 31.2 Å². The van der Waals surface area contributed by atoms with Crippen LogP contribution < -0.4 is 5.32 Å². The van der Waals surface area contributed by atoms with Crippen molar-refractivity contribution in [2.75, 3.05) is 6.54 Å². The van der Waals surface area contributed by atoms with Gasteiger partial charge in [0.15, 0.2) is 9.84 Å². The van der Waals surface area contributed by atoms with Gasteiger partial charge < -0.3 is 5.32 Å². The Bertz CT molecular complexity index is 725. The summed E-state index contributed by atoms with van der Waals surface area (Å²) < 4.78 is 25.7. The van der Waals surface area contributed by atoms with Gasteiger partial charge in [0.1, 0.15) is 5.25 Å². The maximum atomic E-state index is 12.9. The van der Waals surface area contributed by atoms with Crippen LogP contribution in [0.4, 0.5) is 0 Å². The molecular weight excluding hydrogens is 342 g/mol. The van der Waals surface area contributed by atoms with Crippen LogP contribution in [0.2, 0.25) is 5.02 Å². The Morgan fingerprint density at radius 3 is 2.50 bits per heavy atom. The van der Waals surface area contributed by atoms with Crippen LogP contribution in [0, 0.1) is 0 Å². The van der Waals surface area contributed by atoms with Crippen molar-refractivity contribution < 1.29 is 13.2 Å². The van der Waals surface area contributed by atoms with Gasteiger partial charge in [-0.1, -0.05) is 24.6 Å². The molecule has 4 nitrogen and oxygen atoms in total. The Labute approximate surface area is 139 Å². The highest BCUT2D eigenvalue weighted by Gasteiger charge is 2.30. The molecule has 0 saturated heterocycles. The predicted molar refractivity (Wildman–Crippen MR) is 89.0 cm³/mol. The molecule has 0 bridgehead atoms. The van der Waals surface area contributed by atoms with Gasteiger partial charge in [-0.2, -0.15) is 0 Å². The third-order valence-electron chi connectivity index (χ3n) is 3.18. The van der Waals surface area contributed by atoms with E-state index in [1.165, 1.54) is 23.5 Å². The maximum Gasteiger partial charge on any atom is 0.219 e. The smallest absolute Gasteiger partial charge is 0.219 e. The fourth-order valence-electron chi connectivity index (χ4n) is 1.96. The van der Waals surface area contributed by atoms with Gasteiger partial charge in [-0.15, -0.1) is 11.3 Å². The molecule has 0 radical (unpaired) electrons. The van der Waals surface area contributed by atoms with Crippen LogP contribution in [0.1, 0.15) is 23.5 Å². The van der Waals surface area contributed by atoms with Gasteiger partial charge in [0.2, 0.25) is 5.91 Å². The van der Waals surface area contributed by atoms with E-state index in [-0.39, 0.29) is 17.3 Å². The van der Waals surface area contributed by atoms with Crippen molar-refractivity contribution in [3.05, 3.63) is 51.7 Å². The minimum Gasteiger partial charge on any atom is -0.354 e. The molecule has 0 aliphatic carbocycles. The van der Waals surface area contributed by atoms with Crippen LogP contribution >= 0.6 is 22.9 Å². The number of amides is 1. The summed E-state index contributed by atoms with van der Waals surface area (Å²) in [5.74, 6) is -0.173. The first kappa shape index (κ1) is 17.0. The Balaban J connectivity index is 2.35. The lowest BCUT2D eigenvalue weighted by molar-refractivity contribution is -0.120. The normalized spacial score (nSPS) is 12.8. The fraction of sp³-hybridized carbons (Fsp3) is 0.267. The van der Waals surface area contributed by atoms with E-state index in [1.807, 2.05) is 5.38 Å². The van der Waals surface area contributed by atoms with Crippen molar-refractivity contribution in [3.8, 4) is 0 Å². The number of thiophene rings is 1. The highest BCUT2D eigenvalue weighted by Crippen LogP contribution is 2.31. The molecule has 0 aliphatic heterocycles. The third-order valence-corrected chi connectivity index (χ3v) is 6.67. The average Bonchev–Trinajstić information content (AvgIpc) is 3.01. The second-order valence-corrected chi connectivity index (χ2v) is 8.21. The minimum atomic E-state index is -3.61. The van der Waals surface area contributed by atoms with Crippen LogP contribution in [0.25, 0.3) is 0 Å². The number of sulfone groups is 1. The van der Waals surface area contributed by atoms with Crippen LogP contribution in [0.3, 0.4) is 0 Å². The quantitative estimate of drug-likeness (QED) is 0.861. The molecule has 0 spiro atoms. The van der Waals surface area contributed by atoms with Gasteiger partial charge >= 0.3 is 0 Å². The van der Waals surface area contributed by atoms with Crippen molar-refractivity contribution in [3.63, 3.8) is 0 Å². The third kappa shape index (κ3) is 3.88. The van der Waals surface area contributed by atoms with Crippen molar-refractivity contribution >= 4 is 38.7 Å². The molecule has 2 rings (SSSR count). The van der Waals surface area contributed by atoms with Crippen molar-refractivity contribution in [1.29, 1.82) is 0 Å². The van der Waals surface area contributed by atoms with Gasteiger partial charge in [0, 0.05) is 22.9 Å². The summed E-state index contributed by atoms with van der Waals surface area (Å²) in [6.07, 6.45) is 0.318. The maximum absolute atomic E-state index is 12.9. The average molecular weight is 358 g/mol. The molecule has 1 amide bonds. The first-order valence-electron chi connectivity index (χ1n) is 6.74. The molecule has 1 N–H and O–H groups in total. The van der Waals surface area contributed by atoms with Crippen LogP contribution in [0.5, 0.6) is 0 Å². The lowest BCUT2D eigenvalue weighted by Gasteiger charge is -2.17. The number of halogens is 1. The molecule has 0 fully saturated rings. The largest absolute Gasteiger partial charge is 0.354 e. The van der Waals surface area contributed by atoms with Crippen LogP contribution in [-0.2, 0) is 14.6 Å². The molecule has 1 aromatic carbocycles. The number of hydrogen-bond acceptors (Lipinski definition) is 4.